The number of hydrazone groups is 1. The summed E-state index contributed by atoms with van der Waals surface area (Å²) < 4.78 is 41.0. The Morgan fingerprint density at radius 1 is 1.42 bits per heavy atom. The molecule has 140 valence electrons. The van der Waals surface area contributed by atoms with Crippen LogP contribution in [0.4, 0.5) is 19.1 Å². The van der Waals surface area contributed by atoms with Gasteiger partial charge in [0, 0.05) is 33.8 Å². The summed E-state index contributed by atoms with van der Waals surface area (Å²) >= 11 is 6.12. The minimum Gasteiger partial charge on any atom is -0.303 e. The zero-order valence-corrected chi connectivity index (χ0v) is 14.8. The molecule has 8 nitrogen and oxygen atoms in total. The Morgan fingerprint density at radius 3 is 2.65 bits per heavy atom. The summed E-state index contributed by atoms with van der Waals surface area (Å²) in [7, 11) is 4.75. The predicted octanol–water partition coefficient (Wildman–Crippen LogP) is 2.22. The van der Waals surface area contributed by atoms with Gasteiger partial charge in [-0.3, -0.25) is 10.1 Å². The molecule has 0 unspecified atom stereocenters. The fourth-order valence-electron chi connectivity index (χ4n) is 2.06. The number of carbonyl (C=O) groups is 1. The predicted molar refractivity (Wildman–Crippen MR) is 89.1 cm³/mol. The van der Waals surface area contributed by atoms with Crippen LogP contribution in [0.5, 0.6) is 0 Å². The fraction of sp³-hybridized carbons (Fsp3) is 0.357. The van der Waals surface area contributed by atoms with Crippen LogP contribution in [0.1, 0.15) is 21.5 Å². The van der Waals surface area contributed by atoms with E-state index in [4.69, 9.17) is 11.6 Å². The first-order chi connectivity index (χ1) is 12.1. The molecule has 0 saturated heterocycles. The number of benzene rings is 1. The van der Waals surface area contributed by atoms with Gasteiger partial charge in [-0.15, -0.1) is 0 Å². The maximum atomic E-state index is 13.3. The summed E-state index contributed by atoms with van der Waals surface area (Å²) in [4.78, 5) is 12.4. The minimum absolute atomic E-state index is 0.0293. The number of rotatable bonds is 5. The molecule has 26 heavy (non-hydrogen) atoms. The second-order valence-electron chi connectivity index (χ2n) is 5.38. The average molecular weight is 390 g/mol. The number of nitrogens with zero attached hydrogens (tertiary/aromatic N) is 6. The quantitative estimate of drug-likeness (QED) is 0.625. The van der Waals surface area contributed by atoms with Crippen molar-refractivity contribution in [2.45, 2.75) is 12.6 Å². The van der Waals surface area contributed by atoms with Gasteiger partial charge in [0.15, 0.2) is 0 Å². The van der Waals surface area contributed by atoms with E-state index in [1.165, 1.54) is 23.0 Å². The van der Waals surface area contributed by atoms with Crippen LogP contribution in [0.25, 0.3) is 0 Å². The number of nitrogens with one attached hydrogen (secondary N) is 1. The van der Waals surface area contributed by atoms with Crippen molar-refractivity contribution >= 4 is 29.7 Å². The molecule has 0 aliphatic carbocycles. The second kappa shape index (κ2) is 7.68. The number of amides is 1. The number of carbonyl (C=O) groups excluding carboxylic acids is 1. The maximum Gasteiger partial charge on any atom is 0.416 e. The summed E-state index contributed by atoms with van der Waals surface area (Å²) in [6.45, 7) is 0. The lowest BCUT2D eigenvalue weighted by Crippen LogP contribution is -2.18. The normalized spacial score (nSPS) is 11.8. The minimum atomic E-state index is -4.62. The Morgan fingerprint density at radius 2 is 2.12 bits per heavy atom. The van der Waals surface area contributed by atoms with Crippen LogP contribution in [0.2, 0.25) is 5.02 Å². The molecule has 0 bridgehead atoms. The van der Waals surface area contributed by atoms with E-state index in [2.05, 4.69) is 25.9 Å². The molecule has 0 fully saturated rings. The number of aromatic nitrogens is 4. The van der Waals surface area contributed by atoms with Crippen LogP contribution in [0.15, 0.2) is 17.2 Å². The van der Waals surface area contributed by atoms with Gasteiger partial charge in [-0.05, 0) is 28.1 Å². The van der Waals surface area contributed by atoms with Crippen LogP contribution in [-0.4, -0.2) is 51.4 Å². The largest absolute Gasteiger partial charge is 0.416 e. The van der Waals surface area contributed by atoms with Crippen molar-refractivity contribution in [3.8, 4) is 0 Å². The number of hydrogen-bond donors (Lipinski definition) is 1. The Hall–Kier alpha value is -2.69. The van der Waals surface area contributed by atoms with E-state index in [0.29, 0.717) is 0 Å². The molecule has 1 amide bonds. The number of anilines is 1. The molecular formula is C14H15ClF3N7O. The van der Waals surface area contributed by atoms with Gasteiger partial charge in [-0.1, -0.05) is 16.7 Å². The highest BCUT2D eigenvalue weighted by Gasteiger charge is 2.35. The molecule has 0 atom stereocenters. The van der Waals surface area contributed by atoms with E-state index in [1.807, 2.05) is 0 Å². The third-order valence-corrected chi connectivity index (χ3v) is 3.68. The van der Waals surface area contributed by atoms with Gasteiger partial charge in [0.2, 0.25) is 5.95 Å². The molecule has 2 aromatic rings. The lowest BCUT2D eigenvalue weighted by atomic mass is 10.0. The zero-order chi connectivity index (χ0) is 19.5. The van der Waals surface area contributed by atoms with Crippen LogP contribution in [0, 0.1) is 0 Å². The fourth-order valence-corrected chi connectivity index (χ4v) is 2.39. The Labute approximate surface area is 151 Å². The lowest BCUT2D eigenvalue weighted by molar-refractivity contribution is -0.138. The van der Waals surface area contributed by atoms with E-state index in [-0.39, 0.29) is 28.5 Å². The first-order valence-electron chi connectivity index (χ1n) is 7.23. The SMILES string of the molecule is CN(C)N=CCc1c(C(F)(F)F)ccc(C(=O)Nc2nnnn2C)c1Cl. The van der Waals surface area contributed by atoms with Crippen molar-refractivity contribution in [2.75, 3.05) is 19.4 Å². The first kappa shape index (κ1) is 19.6. The van der Waals surface area contributed by atoms with Gasteiger partial charge in [-0.25, -0.2) is 4.68 Å². The average Bonchev–Trinajstić information content (AvgIpc) is 2.92. The Kier molecular flexibility index (Phi) is 5.80. The molecular weight excluding hydrogens is 375 g/mol. The highest BCUT2D eigenvalue weighted by molar-refractivity contribution is 6.35. The molecule has 1 N–H and O–H groups in total. The number of halogens is 4. The van der Waals surface area contributed by atoms with Gasteiger partial charge >= 0.3 is 6.18 Å². The van der Waals surface area contributed by atoms with Gasteiger partial charge in [0.25, 0.3) is 5.91 Å². The summed E-state index contributed by atoms with van der Waals surface area (Å²) in [6, 6.07) is 1.82. The van der Waals surface area contributed by atoms with E-state index in [9.17, 15) is 18.0 Å². The van der Waals surface area contributed by atoms with Crippen LogP contribution in [0.3, 0.4) is 0 Å². The molecule has 1 aromatic heterocycles. The second-order valence-corrected chi connectivity index (χ2v) is 5.76. The molecule has 1 heterocycles. The van der Waals surface area contributed by atoms with Crippen LogP contribution >= 0.6 is 11.6 Å². The highest BCUT2D eigenvalue weighted by atomic mass is 35.5. The van der Waals surface area contributed by atoms with Crippen molar-refractivity contribution < 1.29 is 18.0 Å². The monoisotopic (exact) mass is 389 g/mol. The van der Waals surface area contributed by atoms with E-state index in [0.717, 1.165) is 12.1 Å². The summed E-state index contributed by atoms with van der Waals surface area (Å²) in [5, 5.41) is 17.9. The summed E-state index contributed by atoms with van der Waals surface area (Å²) in [6.07, 6.45) is -3.53. The number of aryl methyl sites for hydroxylation is 1. The van der Waals surface area contributed by atoms with Crippen LogP contribution < -0.4 is 5.32 Å². The van der Waals surface area contributed by atoms with Crippen molar-refractivity contribution in [1.29, 1.82) is 0 Å². The van der Waals surface area contributed by atoms with E-state index < -0.39 is 17.6 Å². The topological polar surface area (TPSA) is 88.3 Å². The molecule has 1 aromatic carbocycles. The number of tetrazole rings is 1. The molecule has 12 heteroatoms. The molecule has 2 rings (SSSR count). The van der Waals surface area contributed by atoms with Crippen LogP contribution in [-0.2, 0) is 19.6 Å². The van der Waals surface area contributed by atoms with E-state index in [1.54, 1.807) is 14.1 Å². The van der Waals surface area contributed by atoms with E-state index >= 15 is 0 Å². The molecule has 0 aliphatic rings. The Bertz CT molecular complexity index is 832. The van der Waals surface area contributed by atoms with Crippen molar-refractivity contribution in [3.05, 3.63) is 33.8 Å². The first-order valence-corrected chi connectivity index (χ1v) is 7.61. The molecule has 0 radical (unpaired) electrons. The summed E-state index contributed by atoms with van der Waals surface area (Å²) in [5.41, 5.74) is -1.30. The smallest absolute Gasteiger partial charge is 0.303 e. The van der Waals surface area contributed by atoms with Gasteiger partial charge in [0.05, 0.1) is 16.1 Å². The van der Waals surface area contributed by atoms with Gasteiger partial charge in [0.1, 0.15) is 0 Å². The van der Waals surface area contributed by atoms with Gasteiger partial charge in [-0.2, -0.15) is 18.3 Å². The standard InChI is InChI=1S/C14H15ClF3N7O/c1-24(2)19-7-6-8-10(14(16,17)18)5-4-9(11(8)15)12(26)20-13-21-22-23-25(13)3/h4-5,7H,6H2,1-3H3,(H,20,21,23,26). The number of hydrogen-bond acceptors (Lipinski definition) is 6. The maximum absolute atomic E-state index is 13.3. The highest BCUT2D eigenvalue weighted by Crippen LogP contribution is 2.36. The lowest BCUT2D eigenvalue weighted by Gasteiger charge is -2.16. The van der Waals surface area contributed by atoms with Crippen molar-refractivity contribution in [3.63, 3.8) is 0 Å². The molecule has 0 saturated carbocycles. The Balaban J connectivity index is 2.42. The number of alkyl halides is 3. The summed E-state index contributed by atoms with van der Waals surface area (Å²) in [5.74, 6) is -0.700. The molecule has 0 aliphatic heterocycles. The zero-order valence-electron chi connectivity index (χ0n) is 14.0. The third-order valence-electron chi connectivity index (χ3n) is 3.25. The van der Waals surface area contributed by atoms with Crippen molar-refractivity contribution in [1.82, 2.24) is 25.2 Å². The van der Waals surface area contributed by atoms with Crippen molar-refractivity contribution in [2.24, 2.45) is 12.1 Å². The molecule has 0 spiro atoms. The van der Waals surface area contributed by atoms with Gasteiger partial charge < -0.3 is 5.01 Å². The third kappa shape index (κ3) is 4.48.